The highest BCUT2D eigenvalue weighted by atomic mass is 16.5. The van der Waals surface area contributed by atoms with E-state index in [1.165, 1.54) is 0 Å². The topological polar surface area (TPSA) is 99.1 Å². The lowest BCUT2D eigenvalue weighted by atomic mass is 9.78. The van der Waals surface area contributed by atoms with Gasteiger partial charge in [0.1, 0.15) is 11.6 Å². The summed E-state index contributed by atoms with van der Waals surface area (Å²) < 4.78 is 5.72. The molecule has 1 aromatic heterocycles. The van der Waals surface area contributed by atoms with Gasteiger partial charge in [-0.25, -0.2) is 4.98 Å². The number of nitrogens with two attached hydrogens (primary N) is 2. The molecule has 6 heteroatoms. The molecule has 1 aliphatic rings. The van der Waals surface area contributed by atoms with Crippen LogP contribution in [0.3, 0.4) is 0 Å². The van der Waals surface area contributed by atoms with Gasteiger partial charge in [-0.3, -0.25) is 0 Å². The van der Waals surface area contributed by atoms with E-state index in [4.69, 9.17) is 16.2 Å². The maximum atomic E-state index is 5.86. The predicted octanol–water partition coefficient (Wildman–Crippen LogP) is 2.66. The van der Waals surface area contributed by atoms with Gasteiger partial charge in [0.2, 0.25) is 5.95 Å². The zero-order valence-electron chi connectivity index (χ0n) is 14.2. The second kappa shape index (κ2) is 7.05. The predicted molar refractivity (Wildman–Crippen MR) is 95.9 cm³/mol. The monoisotopic (exact) mass is 327 g/mol. The number of nitrogens with zero attached hydrogens (tertiary/aromatic N) is 2. The molecule has 24 heavy (non-hydrogen) atoms. The van der Waals surface area contributed by atoms with Gasteiger partial charge in [-0.05, 0) is 44.4 Å². The Bertz CT molecular complexity index is 698. The zero-order chi connectivity index (χ0) is 17.1. The summed E-state index contributed by atoms with van der Waals surface area (Å²) in [6, 6.07) is 10.3. The van der Waals surface area contributed by atoms with Crippen LogP contribution in [0.25, 0.3) is 0 Å². The fourth-order valence-corrected chi connectivity index (χ4v) is 2.88. The summed E-state index contributed by atoms with van der Waals surface area (Å²) in [5, 5.41) is 3.32. The first-order valence-electron chi connectivity index (χ1n) is 8.39. The van der Waals surface area contributed by atoms with E-state index in [0.29, 0.717) is 18.4 Å². The molecule has 128 valence electrons. The van der Waals surface area contributed by atoms with Gasteiger partial charge in [-0.15, -0.1) is 0 Å². The third kappa shape index (κ3) is 4.14. The molecular weight excluding hydrogens is 302 g/mol. The molecule has 0 atom stereocenters. The Labute approximate surface area is 142 Å². The fourth-order valence-electron chi connectivity index (χ4n) is 2.88. The van der Waals surface area contributed by atoms with Gasteiger partial charge >= 0.3 is 0 Å². The van der Waals surface area contributed by atoms with Crippen molar-refractivity contribution in [1.29, 1.82) is 0 Å². The molecule has 0 radical (unpaired) electrons. The minimum atomic E-state index is 0.159. The second-order valence-electron chi connectivity index (χ2n) is 6.63. The molecule has 1 saturated carbocycles. The second-order valence-corrected chi connectivity index (χ2v) is 6.63. The van der Waals surface area contributed by atoms with Crippen LogP contribution in [0.1, 0.15) is 43.9 Å². The van der Waals surface area contributed by atoms with E-state index in [1.807, 2.05) is 38.1 Å². The molecule has 1 aliphatic carbocycles. The maximum Gasteiger partial charge on any atom is 0.222 e. The molecule has 5 N–H and O–H groups in total. The highest BCUT2D eigenvalue weighted by Crippen LogP contribution is 2.35. The minimum absolute atomic E-state index is 0.159. The van der Waals surface area contributed by atoms with Gasteiger partial charge in [0, 0.05) is 24.6 Å². The van der Waals surface area contributed by atoms with Crippen molar-refractivity contribution in [3.63, 3.8) is 0 Å². The van der Waals surface area contributed by atoms with E-state index < -0.39 is 0 Å². The van der Waals surface area contributed by atoms with Gasteiger partial charge in [0.15, 0.2) is 0 Å². The third-order valence-corrected chi connectivity index (χ3v) is 4.10. The van der Waals surface area contributed by atoms with E-state index in [1.54, 1.807) is 0 Å². The number of hydrogen-bond donors (Lipinski definition) is 3. The molecule has 1 heterocycles. The number of hydrogen-bond acceptors (Lipinski definition) is 6. The average Bonchev–Trinajstić information content (AvgIpc) is 2.49. The van der Waals surface area contributed by atoms with Crippen molar-refractivity contribution in [2.45, 2.75) is 51.3 Å². The Hall–Kier alpha value is -2.34. The van der Waals surface area contributed by atoms with E-state index in [0.717, 1.165) is 35.7 Å². The number of ether oxygens (including phenoxy) is 1. The third-order valence-electron chi connectivity index (χ3n) is 4.10. The van der Waals surface area contributed by atoms with Crippen LogP contribution in [0.2, 0.25) is 0 Å². The van der Waals surface area contributed by atoms with Crippen LogP contribution in [0.5, 0.6) is 5.75 Å². The van der Waals surface area contributed by atoms with Crippen molar-refractivity contribution in [2.24, 2.45) is 5.73 Å². The molecule has 1 fully saturated rings. The van der Waals surface area contributed by atoms with Crippen LogP contribution in [-0.4, -0.2) is 22.1 Å². The van der Waals surface area contributed by atoms with Crippen molar-refractivity contribution >= 4 is 11.8 Å². The molecule has 0 bridgehead atoms. The molecule has 0 amide bonds. The number of benzene rings is 1. The van der Waals surface area contributed by atoms with E-state index in [2.05, 4.69) is 21.4 Å². The van der Waals surface area contributed by atoms with E-state index >= 15 is 0 Å². The van der Waals surface area contributed by atoms with E-state index in [9.17, 15) is 0 Å². The normalized spacial score (nSPS) is 19.8. The van der Waals surface area contributed by atoms with Gasteiger partial charge < -0.3 is 21.5 Å². The highest BCUT2D eigenvalue weighted by Gasteiger charge is 2.29. The number of aromatic nitrogens is 2. The van der Waals surface area contributed by atoms with Crippen LogP contribution in [0, 0.1) is 0 Å². The molecular formula is C18H25N5O. The van der Waals surface area contributed by atoms with Gasteiger partial charge in [-0.2, -0.15) is 4.98 Å². The lowest BCUT2D eigenvalue weighted by Gasteiger charge is -2.32. The van der Waals surface area contributed by atoms with Crippen molar-refractivity contribution < 1.29 is 4.74 Å². The first-order valence-corrected chi connectivity index (χ1v) is 8.39. The summed E-state index contributed by atoms with van der Waals surface area (Å²) in [6.45, 7) is 4.68. The van der Waals surface area contributed by atoms with Crippen LogP contribution < -0.4 is 21.5 Å². The fraction of sp³-hybridized carbons (Fsp3) is 0.444. The molecule has 0 spiro atoms. The first kappa shape index (κ1) is 16.5. The van der Waals surface area contributed by atoms with Crippen molar-refractivity contribution in [1.82, 2.24) is 9.97 Å². The lowest BCUT2D eigenvalue weighted by molar-refractivity contribution is 0.242. The first-order chi connectivity index (χ1) is 11.5. The SMILES string of the molecule is CC(C)Oc1cccc(CNc2cc(C3CC(N)C3)nc(N)n2)c1. The van der Waals surface area contributed by atoms with Crippen molar-refractivity contribution in [3.8, 4) is 5.75 Å². The number of nitrogens with one attached hydrogen (secondary N) is 1. The lowest BCUT2D eigenvalue weighted by Crippen LogP contribution is -2.35. The summed E-state index contributed by atoms with van der Waals surface area (Å²) in [6.07, 6.45) is 2.08. The largest absolute Gasteiger partial charge is 0.491 e. The Kier molecular flexibility index (Phi) is 4.85. The molecule has 0 saturated heterocycles. The van der Waals surface area contributed by atoms with Gasteiger partial charge in [0.25, 0.3) is 0 Å². The van der Waals surface area contributed by atoms with Crippen LogP contribution in [0.4, 0.5) is 11.8 Å². The summed E-state index contributed by atoms with van der Waals surface area (Å²) in [4.78, 5) is 8.62. The summed E-state index contributed by atoms with van der Waals surface area (Å²) >= 11 is 0. The standard InChI is InChI=1S/C18H25N5O/c1-11(2)24-15-5-3-4-12(6-15)10-21-17-9-16(22-18(20)23-17)13-7-14(19)8-13/h3-6,9,11,13-14H,7-8,10,19H2,1-2H3,(H3,20,21,22,23). The molecule has 0 aliphatic heterocycles. The van der Waals surface area contributed by atoms with Crippen LogP contribution in [0.15, 0.2) is 30.3 Å². The summed E-state index contributed by atoms with van der Waals surface area (Å²) in [5.74, 6) is 2.31. The van der Waals surface area contributed by atoms with Gasteiger partial charge in [0.05, 0.1) is 11.8 Å². The molecule has 3 rings (SSSR count). The smallest absolute Gasteiger partial charge is 0.222 e. The Morgan fingerprint density at radius 3 is 2.75 bits per heavy atom. The van der Waals surface area contributed by atoms with Crippen LogP contribution >= 0.6 is 0 Å². The molecule has 1 aromatic carbocycles. The zero-order valence-corrected chi connectivity index (χ0v) is 14.2. The Morgan fingerprint density at radius 2 is 2.04 bits per heavy atom. The quantitative estimate of drug-likeness (QED) is 0.754. The average molecular weight is 327 g/mol. The van der Waals surface area contributed by atoms with Crippen molar-refractivity contribution in [3.05, 3.63) is 41.6 Å². The number of rotatable bonds is 6. The minimum Gasteiger partial charge on any atom is -0.491 e. The summed E-state index contributed by atoms with van der Waals surface area (Å²) in [7, 11) is 0. The summed E-state index contributed by atoms with van der Waals surface area (Å²) in [5.41, 5.74) is 13.8. The van der Waals surface area contributed by atoms with Gasteiger partial charge in [-0.1, -0.05) is 12.1 Å². The van der Waals surface area contributed by atoms with Crippen molar-refractivity contribution in [2.75, 3.05) is 11.1 Å². The number of nitrogen functional groups attached to an aromatic ring is 1. The highest BCUT2D eigenvalue weighted by molar-refractivity contribution is 5.43. The maximum absolute atomic E-state index is 5.86. The molecule has 0 unspecified atom stereocenters. The molecule has 6 nitrogen and oxygen atoms in total. The molecule has 2 aromatic rings. The number of anilines is 2. The Balaban J connectivity index is 1.66. The van der Waals surface area contributed by atoms with E-state index in [-0.39, 0.29) is 12.1 Å². The van der Waals surface area contributed by atoms with Crippen LogP contribution in [-0.2, 0) is 6.54 Å². The Morgan fingerprint density at radius 1 is 1.25 bits per heavy atom.